The molecule has 0 unspecified atom stereocenters. The number of ketones is 1. The minimum Gasteiger partial charge on any atom is -0.478 e. The topological polar surface area (TPSA) is 82.7 Å². The van der Waals surface area contributed by atoms with E-state index in [2.05, 4.69) is 16.0 Å². The summed E-state index contributed by atoms with van der Waals surface area (Å²) in [6.45, 7) is 5.91. The van der Waals surface area contributed by atoms with Crippen molar-refractivity contribution in [2.45, 2.75) is 32.3 Å². The second-order valence-corrected chi connectivity index (χ2v) is 8.38. The van der Waals surface area contributed by atoms with Gasteiger partial charge in [-0.2, -0.15) is 0 Å². The van der Waals surface area contributed by atoms with E-state index < -0.39 is 5.60 Å². The van der Waals surface area contributed by atoms with Gasteiger partial charge in [-0.05, 0) is 54.0 Å². The third-order valence-electron chi connectivity index (χ3n) is 5.52. The van der Waals surface area contributed by atoms with Gasteiger partial charge in [0, 0.05) is 43.7 Å². The molecule has 3 aliphatic rings. The van der Waals surface area contributed by atoms with E-state index >= 15 is 0 Å². The highest BCUT2D eigenvalue weighted by molar-refractivity contribution is 5.91. The van der Waals surface area contributed by atoms with E-state index in [1.165, 1.54) is 0 Å². The van der Waals surface area contributed by atoms with Crippen molar-refractivity contribution in [3.63, 3.8) is 0 Å². The molecular weight excluding hydrogens is 380 g/mol. The average Bonchev–Trinajstić information content (AvgIpc) is 3.37. The first-order valence-corrected chi connectivity index (χ1v) is 10.4. The molecule has 3 N–H and O–H groups in total. The van der Waals surface area contributed by atoms with Crippen LogP contribution in [0.4, 0.5) is 10.5 Å². The molecule has 7 heteroatoms. The molecular formula is C23H28N4O3. The van der Waals surface area contributed by atoms with E-state index in [9.17, 15) is 9.59 Å². The number of urea groups is 1. The number of benzene rings is 1. The van der Waals surface area contributed by atoms with Gasteiger partial charge >= 0.3 is 6.03 Å². The second kappa shape index (κ2) is 8.36. The summed E-state index contributed by atoms with van der Waals surface area (Å²) in [5.41, 5.74) is 1.99. The maximum atomic E-state index is 12.8. The minimum atomic E-state index is -0.803. The summed E-state index contributed by atoms with van der Waals surface area (Å²) < 4.78 is 6.18. The number of nitrogens with zero attached hydrogens (tertiary/aromatic N) is 1. The Balaban J connectivity index is 1.39. The molecule has 1 saturated heterocycles. The zero-order chi connectivity index (χ0) is 21.1. The quantitative estimate of drug-likeness (QED) is 0.674. The normalized spacial score (nSPS) is 22.3. The Bertz CT molecular complexity index is 909. The third-order valence-corrected chi connectivity index (χ3v) is 5.52. The zero-order valence-corrected chi connectivity index (χ0v) is 17.4. The van der Waals surface area contributed by atoms with Crippen molar-refractivity contribution >= 4 is 17.5 Å². The fraction of sp³-hybridized carbons (Fsp3) is 0.391. The number of hydrogen-bond donors (Lipinski definition) is 3. The monoisotopic (exact) mass is 408 g/mol. The first-order valence-electron chi connectivity index (χ1n) is 10.4. The summed E-state index contributed by atoms with van der Waals surface area (Å²) in [4.78, 5) is 27.0. The van der Waals surface area contributed by atoms with Crippen LogP contribution in [0.2, 0.25) is 0 Å². The third kappa shape index (κ3) is 4.26. The number of ether oxygens (including phenoxy) is 1. The van der Waals surface area contributed by atoms with Gasteiger partial charge in [-0.15, -0.1) is 0 Å². The first-order chi connectivity index (χ1) is 14.4. The summed E-state index contributed by atoms with van der Waals surface area (Å²) in [7, 11) is 0. The van der Waals surface area contributed by atoms with Crippen molar-refractivity contribution < 1.29 is 14.3 Å². The molecule has 3 aliphatic heterocycles. The number of hydrogen-bond acceptors (Lipinski definition) is 5. The maximum absolute atomic E-state index is 12.8. The lowest BCUT2D eigenvalue weighted by Crippen LogP contribution is -2.47. The highest BCUT2D eigenvalue weighted by atomic mass is 16.5. The number of Topliss-reactive ketones (excluding diaryl/α,β-unsaturated/α-hetero) is 1. The summed E-state index contributed by atoms with van der Waals surface area (Å²) in [6, 6.07) is 7.01. The van der Waals surface area contributed by atoms with Crippen LogP contribution in [0, 0.1) is 5.92 Å². The number of fused-ring (bicyclic) bond motifs is 1. The van der Waals surface area contributed by atoms with Gasteiger partial charge in [0.25, 0.3) is 0 Å². The summed E-state index contributed by atoms with van der Waals surface area (Å²) in [5, 5.41) is 9.20. The molecule has 1 atom stereocenters. The Hall–Kier alpha value is -3.06. The van der Waals surface area contributed by atoms with Gasteiger partial charge in [0.2, 0.25) is 0 Å². The van der Waals surface area contributed by atoms with Crippen LogP contribution >= 0.6 is 0 Å². The van der Waals surface area contributed by atoms with E-state index in [1.807, 2.05) is 38.5 Å². The fourth-order valence-corrected chi connectivity index (χ4v) is 3.90. The molecule has 7 nitrogen and oxygen atoms in total. The average molecular weight is 409 g/mol. The SMILES string of the molecule is CC(C)CC(=O)[C@@]1(Oc2ccc(NC(=O)N3C=C4C=CNC=C4C3)cc2)CCNC1. The molecule has 1 fully saturated rings. The largest absolute Gasteiger partial charge is 0.478 e. The highest BCUT2D eigenvalue weighted by Gasteiger charge is 2.43. The van der Waals surface area contributed by atoms with Crippen LogP contribution in [-0.2, 0) is 4.79 Å². The number of carbonyl (C=O) groups is 2. The van der Waals surface area contributed by atoms with Gasteiger partial charge in [0.1, 0.15) is 5.75 Å². The second-order valence-electron chi connectivity index (χ2n) is 8.38. The lowest BCUT2D eigenvalue weighted by molar-refractivity contribution is -0.133. The molecule has 0 aliphatic carbocycles. The Morgan fingerprint density at radius 3 is 2.73 bits per heavy atom. The lowest BCUT2D eigenvalue weighted by atomic mass is 9.91. The van der Waals surface area contributed by atoms with Crippen molar-refractivity contribution in [1.82, 2.24) is 15.5 Å². The summed E-state index contributed by atoms with van der Waals surface area (Å²) >= 11 is 0. The Morgan fingerprint density at radius 1 is 1.27 bits per heavy atom. The molecule has 1 aromatic rings. The number of amides is 2. The fourth-order valence-electron chi connectivity index (χ4n) is 3.90. The maximum Gasteiger partial charge on any atom is 0.326 e. The lowest BCUT2D eigenvalue weighted by Gasteiger charge is -2.29. The molecule has 2 amide bonds. The van der Waals surface area contributed by atoms with Gasteiger partial charge in [-0.3, -0.25) is 9.69 Å². The number of carbonyl (C=O) groups excluding carboxylic acids is 2. The van der Waals surface area contributed by atoms with Crippen LogP contribution < -0.4 is 20.7 Å². The van der Waals surface area contributed by atoms with Crippen LogP contribution in [0.3, 0.4) is 0 Å². The van der Waals surface area contributed by atoms with Gasteiger partial charge in [-0.25, -0.2) is 4.79 Å². The zero-order valence-electron chi connectivity index (χ0n) is 17.4. The number of nitrogens with one attached hydrogen (secondary N) is 3. The van der Waals surface area contributed by atoms with Crippen molar-refractivity contribution in [1.29, 1.82) is 0 Å². The van der Waals surface area contributed by atoms with Crippen LogP contribution in [0.5, 0.6) is 5.75 Å². The van der Waals surface area contributed by atoms with Crippen molar-refractivity contribution in [2.75, 3.05) is 25.0 Å². The van der Waals surface area contributed by atoms with Crippen LogP contribution in [-0.4, -0.2) is 41.9 Å². The van der Waals surface area contributed by atoms with Gasteiger partial charge in [0.15, 0.2) is 11.4 Å². The molecule has 0 radical (unpaired) electrons. The standard InChI is InChI=1S/C23H28N4O3/c1-16(2)11-21(28)23(8-10-25-15-23)30-20-5-3-19(4-6-20)26-22(29)27-13-17-7-9-24-12-18(17)14-27/h3-7,9,12-13,16,24-25H,8,10-11,14-15H2,1-2H3,(H,26,29)/t23-/m1/s1. The molecule has 158 valence electrons. The van der Waals surface area contributed by atoms with Crippen LogP contribution in [0.1, 0.15) is 26.7 Å². The Kier molecular flexibility index (Phi) is 5.63. The van der Waals surface area contributed by atoms with Crippen LogP contribution in [0.25, 0.3) is 0 Å². The number of allylic oxidation sites excluding steroid dienone is 1. The molecule has 30 heavy (non-hydrogen) atoms. The molecule has 4 rings (SSSR count). The number of rotatable bonds is 6. The first kappa shape index (κ1) is 20.2. The number of anilines is 1. The predicted molar refractivity (Wildman–Crippen MR) is 116 cm³/mol. The Labute approximate surface area is 176 Å². The van der Waals surface area contributed by atoms with E-state index in [0.717, 1.165) is 17.7 Å². The predicted octanol–water partition coefficient (Wildman–Crippen LogP) is 3.14. The minimum absolute atomic E-state index is 0.140. The van der Waals surface area contributed by atoms with Crippen molar-refractivity contribution in [2.24, 2.45) is 5.92 Å². The van der Waals surface area contributed by atoms with E-state index in [4.69, 9.17) is 4.74 Å². The number of dihydropyridines is 1. The molecule has 0 spiro atoms. The van der Waals surface area contributed by atoms with Gasteiger partial charge < -0.3 is 20.7 Å². The molecule has 3 heterocycles. The van der Waals surface area contributed by atoms with E-state index in [-0.39, 0.29) is 11.8 Å². The molecule has 0 bridgehead atoms. The molecule has 0 aromatic heterocycles. The van der Waals surface area contributed by atoms with Crippen LogP contribution in [0.15, 0.2) is 60.1 Å². The molecule has 0 saturated carbocycles. The Morgan fingerprint density at radius 2 is 2.07 bits per heavy atom. The summed E-state index contributed by atoms with van der Waals surface area (Å²) in [5.74, 6) is 1.06. The van der Waals surface area contributed by atoms with Crippen molar-refractivity contribution in [3.05, 3.63) is 60.1 Å². The van der Waals surface area contributed by atoms with E-state index in [1.54, 1.807) is 29.2 Å². The van der Waals surface area contributed by atoms with Crippen molar-refractivity contribution in [3.8, 4) is 5.75 Å². The smallest absolute Gasteiger partial charge is 0.326 e. The van der Waals surface area contributed by atoms with Gasteiger partial charge in [-0.1, -0.05) is 13.8 Å². The summed E-state index contributed by atoms with van der Waals surface area (Å²) in [6.07, 6.45) is 8.70. The van der Waals surface area contributed by atoms with E-state index in [0.29, 0.717) is 43.3 Å². The van der Waals surface area contributed by atoms with Gasteiger partial charge in [0.05, 0.1) is 6.54 Å². The highest BCUT2D eigenvalue weighted by Crippen LogP contribution is 2.29. The molecule has 1 aromatic carbocycles.